The van der Waals surface area contributed by atoms with E-state index in [2.05, 4.69) is 5.16 Å². The highest BCUT2D eigenvalue weighted by Gasteiger charge is 2.26. The lowest BCUT2D eigenvalue weighted by molar-refractivity contribution is 0.0730. The second-order valence-corrected chi connectivity index (χ2v) is 8.10. The largest absolute Gasteiger partial charge is 0.391 e. The maximum Gasteiger partial charge on any atom is 0.243 e. The lowest BCUT2D eigenvalue weighted by atomic mass is 10.2. The van der Waals surface area contributed by atoms with Gasteiger partial charge in [0, 0.05) is 18.1 Å². The fraction of sp³-hybridized carbons (Fsp3) is 0.278. The van der Waals surface area contributed by atoms with E-state index in [1.807, 2.05) is 12.1 Å². The van der Waals surface area contributed by atoms with Gasteiger partial charge in [0.2, 0.25) is 10.0 Å². The number of benzene rings is 2. The fourth-order valence-corrected chi connectivity index (χ4v) is 4.10. The lowest BCUT2D eigenvalue weighted by Gasteiger charge is -2.26. The molecule has 26 heavy (non-hydrogen) atoms. The second kappa shape index (κ2) is 8.64. The summed E-state index contributed by atoms with van der Waals surface area (Å²) in [7, 11) is -3.52. The van der Waals surface area contributed by atoms with Crippen LogP contribution in [0, 0.1) is 0 Å². The Morgan fingerprint density at radius 2 is 1.88 bits per heavy atom. The second-order valence-electron chi connectivity index (χ2n) is 5.72. The van der Waals surface area contributed by atoms with E-state index in [4.69, 9.17) is 21.2 Å². The third-order valence-electron chi connectivity index (χ3n) is 3.88. The summed E-state index contributed by atoms with van der Waals surface area (Å²) in [5.41, 5.74) is 1.59. The van der Waals surface area contributed by atoms with Crippen LogP contribution < -0.4 is 0 Å². The maximum atomic E-state index is 12.7. The summed E-state index contributed by atoms with van der Waals surface area (Å²) in [5, 5.41) is 4.56. The zero-order chi connectivity index (χ0) is 18.4. The maximum absolute atomic E-state index is 12.7. The Labute approximate surface area is 158 Å². The van der Waals surface area contributed by atoms with Crippen molar-refractivity contribution in [3.63, 3.8) is 0 Å². The first-order valence-electron chi connectivity index (χ1n) is 8.13. The Hall–Kier alpha value is -1.93. The molecule has 2 aromatic rings. The van der Waals surface area contributed by atoms with Gasteiger partial charge in [0.05, 0.1) is 24.3 Å². The van der Waals surface area contributed by atoms with Gasteiger partial charge in [-0.1, -0.05) is 41.0 Å². The van der Waals surface area contributed by atoms with Crippen molar-refractivity contribution in [3.8, 4) is 0 Å². The molecule has 0 spiro atoms. The highest BCUT2D eigenvalue weighted by molar-refractivity contribution is 7.89. The van der Waals surface area contributed by atoms with Crippen LogP contribution in [-0.2, 0) is 26.2 Å². The minimum atomic E-state index is -3.52. The van der Waals surface area contributed by atoms with Gasteiger partial charge in [-0.2, -0.15) is 4.31 Å². The van der Waals surface area contributed by atoms with Crippen molar-refractivity contribution >= 4 is 27.8 Å². The van der Waals surface area contributed by atoms with Gasteiger partial charge >= 0.3 is 0 Å². The number of hydrogen-bond acceptors (Lipinski definition) is 5. The van der Waals surface area contributed by atoms with E-state index in [1.54, 1.807) is 42.6 Å². The molecule has 0 atom stereocenters. The quantitative estimate of drug-likeness (QED) is 0.558. The molecule has 6 nitrogen and oxygen atoms in total. The molecule has 0 aliphatic carbocycles. The van der Waals surface area contributed by atoms with Crippen molar-refractivity contribution in [2.75, 3.05) is 26.3 Å². The van der Waals surface area contributed by atoms with Crippen LogP contribution in [0.1, 0.15) is 11.1 Å². The number of ether oxygens (including phenoxy) is 1. The molecule has 1 aliphatic heterocycles. The van der Waals surface area contributed by atoms with Gasteiger partial charge in [-0.15, -0.1) is 0 Å². The van der Waals surface area contributed by atoms with Crippen LogP contribution >= 0.6 is 11.6 Å². The smallest absolute Gasteiger partial charge is 0.243 e. The molecule has 3 rings (SSSR count). The first kappa shape index (κ1) is 18.8. The molecule has 8 heteroatoms. The van der Waals surface area contributed by atoms with Gasteiger partial charge in [-0.3, -0.25) is 0 Å². The molecule has 0 aromatic heterocycles. The molecule has 0 saturated carbocycles. The molecule has 0 radical (unpaired) electrons. The van der Waals surface area contributed by atoms with Crippen LogP contribution in [0.2, 0.25) is 5.02 Å². The molecular weight excluding hydrogens is 376 g/mol. The van der Waals surface area contributed by atoms with Crippen molar-refractivity contribution < 1.29 is 18.0 Å². The molecule has 1 saturated heterocycles. The summed E-state index contributed by atoms with van der Waals surface area (Å²) in [6, 6.07) is 13.9. The SMILES string of the molecule is O=S(=O)(c1cccc(CO/N=C\c2ccc(Cl)cc2)c1)N1CCOCC1. The monoisotopic (exact) mass is 394 g/mol. The highest BCUT2D eigenvalue weighted by atomic mass is 35.5. The topological polar surface area (TPSA) is 68.2 Å². The Morgan fingerprint density at radius 3 is 2.62 bits per heavy atom. The molecule has 0 N–H and O–H groups in total. The number of sulfonamides is 1. The van der Waals surface area contributed by atoms with Gasteiger partial charge in [-0.25, -0.2) is 8.42 Å². The molecule has 0 unspecified atom stereocenters. The van der Waals surface area contributed by atoms with Gasteiger partial charge in [-0.05, 0) is 35.4 Å². The van der Waals surface area contributed by atoms with Crippen LogP contribution in [0.3, 0.4) is 0 Å². The summed E-state index contributed by atoms with van der Waals surface area (Å²) in [6.07, 6.45) is 1.57. The van der Waals surface area contributed by atoms with Crippen molar-refractivity contribution in [2.24, 2.45) is 5.16 Å². The Balaban J connectivity index is 1.63. The van der Waals surface area contributed by atoms with Gasteiger partial charge < -0.3 is 9.57 Å². The summed E-state index contributed by atoms with van der Waals surface area (Å²) >= 11 is 5.83. The van der Waals surface area contributed by atoms with Crippen LogP contribution in [0.4, 0.5) is 0 Å². The number of hydrogen-bond donors (Lipinski definition) is 0. The summed E-state index contributed by atoms with van der Waals surface area (Å²) in [6.45, 7) is 1.75. The van der Waals surface area contributed by atoms with Crippen LogP contribution in [0.15, 0.2) is 58.6 Å². The van der Waals surface area contributed by atoms with E-state index < -0.39 is 10.0 Å². The van der Waals surface area contributed by atoms with Crippen LogP contribution in [0.25, 0.3) is 0 Å². The van der Waals surface area contributed by atoms with Crippen LogP contribution in [0.5, 0.6) is 0 Å². The van der Waals surface area contributed by atoms with Gasteiger partial charge in [0.1, 0.15) is 6.61 Å². The van der Waals surface area contributed by atoms with E-state index in [9.17, 15) is 8.42 Å². The molecule has 2 aromatic carbocycles. The van der Waals surface area contributed by atoms with Crippen molar-refractivity contribution in [3.05, 3.63) is 64.7 Å². The van der Waals surface area contributed by atoms with E-state index in [0.717, 1.165) is 11.1 Å². The molecule has 1 heterocycles. The van der Waals surface area contributed by atoms with Crippen molar-refractivity contribution in [1.29, 1.82) is 0 Å². The molecule has 138 valence electrons. The Bertz CT molecular complexity index is 863. The normalized spacial score (nSPS) is 16.0. The average molecular weight is 395 g/mol. The minimum absolute atomic E-state index is 0.177. The molecule has 1 fully saturated rings. The van der Waals surface area contributed by atoms with Gasteiger partial charge in [0.25, 0.3) is 0 Å². The standard InChI is InChI=1S/C18H19ClN2O4S/c19-17-6-4-15(5-7-17)13-20-25-14-16-2-1-3-18(12-16)26(22,23)21-8-10-24-11-9-21/h1-7,12-13H,8-11,14H2/b20-13-. The molecule has 0 bridgehead atoms. The summed E-state index contributed by atoms with van der Waals surface area (Å²) in [5.74, 6) is 0. The first-order chi connectivity index (χ1) is 12.6. The predicted molar refractivity (Wildman–Crippen MR) is 99.9 cm³/mol. The number of oxime groups is 1. The predicted octanol–water partition coefficient (Wildman–Crippen LogP) is 2.91. The number of rotatable bonds is 6. The minimum Gasteiger partial charge on any atom is -0.391 e. The molecule has 0 amide bonds. The Kier molecular flexibility index (Phi) is 6.26. The van der Waals surface area contributed by atoms with E-state index in [0.29, 0.717) is 31.3 Å². The van der Waals surface area contributed by atoms with Gasteiger partial charge in [0.15, 0.2) is 0 Å². The number of nitrogens with zero attached hydrogens (tertiary/aromatic N) is 2. The third-order valence-corrected chi connectivity index (χ3v) is 6.03. The third kappa shape index (κ3) is 4.82. The van der Waals surface area contributed by atoms with E-state index in [1.165, 1.54) is 4.31 Å². The zero-order valence-corrected chi connectivity index (χ0v) is 15.6. The lowest BCUT2D eigenvalue weighted by Crippen LogP contribution is -2.40. The Morgan fingerprint density at radius 1 is 1.15 bits per heavy atom. The van der Waals surface area contributed by atoms with Crippen LogP contribution in [-0.4, -0.2) is 45.2 Å². The first-order valence-corrected chi connectivity index (χ1v) is 9.95. The fourth-order valence-electron chi connectivity index (χ4n) is 2.49. The van der Waals surface area contributed by atoms with Crippen molar-refractivity contribution in [2.45, 2.75) is 11.5 Å². The van der Waals surface area contributed by atoms with E-state index >= 15 is 0 Å². The average Bonchev–Trinajstić information content (AvgIpc) is 2.67. The summed E-state index contributed by atoms with van der Waals surface area (Å²) in [4.78, 5) is 5.53. The number of halogens is 1. The van der Waals surface area contributed by atoms with E-state index in [-0.39, 0.29) is 11.5 Å². The van der Waals surface area contributed by atoms with Crippen molar-refractivity contribution in [1.82, 2.24) is 4.31 Å². The molecule has 1 aliphatic rings. The molecular formula is C18H19ClN2O4S. The summed E-state index contributed by atoms with van der Waals surface area (Å²) < 4.78 is 32.0. The zero-order valence-electron chi connectivity index (χ0n) is 14.0. The number of morpholine rings is 1. The highest BCUT2D eigenvalue weighted by Crippen LogP contribution is 2.18.